The number of rotatable bonds is 69. The Bertz CT molecular complexity index is 2380. The van der Waals surface area contributed by atoms with Gasteiger partial charge < -0.3 is 33.8 Å². The van der Waals surface area contributed by atoms with Gasteiger partial charge in [-0.2, -0.15) is 0 Å². The highest BCUT2D eigenvalue weighted by molar-refractivity contribution is 7.47. The molecule has 0 aromatic carbocycles. The first-order valence-electron chi connectivity index (χ1n) is 37.4. The van der Waals surface area contributed by atoms with Crippen LogP contribution in [0.4, 0.5) is 0 Å². The normalized spacial score (nSPS) is 14.7. The molecule has 0 spiro atoms. The summed E-state index contributed by atoms with van der Waals surface area (Å²) in [5, 5.41) is 10.6. The number of aliphatic hydroxyl groups excluding tert-OH is 1. The summed E-state index contributed by atoms with van der Waals surface area (Å²) < 4.78 is 68.3. The van der Waals surface area contributed by atoms with E-state index in [2.05, 4.69) is 149 Å². The fourth-order valence-electron chi connectivity index (χ4n) is 9.46. The van der Waals surface area contributed by atoms with Crippen molar-refractivity contribution in [1.82, 2.24) is 0 Å². The van der Waals surface area contributed by atoms with Crippen molar-refractivity contribution in [3.05, 3.63) is 134 Å². The Morgan fingerprint density at radius 2 is 0.561 bits per heavy atom. The number of esters is 4. The van der Waals surface area contributed by atoms with Crippen LogP contribution in [0.5, 0.6) is 0 Å². The van der Waals surface area contributed by atoms with E-state index in [0.717, 1.165) is 148 Å². The van der Waals surface area contributed by atoms with Crippen molar-refractivity contribution in [2.45, 2.75) is 303 Å². The average molecular weight is 1420 g/mol. The molecule has 0 heterocycles. The maximum atomic E-state index is 13.1. The van der Waals surface area contributed by atoms with E-state index in [1.165, 1.54) is 51.4 Å². The van der Waals surface area contributed by atoms with Gasteiger partial charge in [0.2, 0.25) is 0 Å². The summed E-state index contributed by atoms with van der Waals surface area (Å²) in [6.45, 7) is 4.44. The summed E-state index contributed by atoms with van der Waals surface area (Å²) in [5.74, 6) is -2.31. The molecule has 0 saturated carbocycles. The molecular weight excluding hydrogens is 1280 g/mol. The van der Waals surface area contributed by atoms with Crippen LogP contribution in [0.15, 0.2) is 134 Å². The van der Waals surface area contributed by atoms with Crippen molar-refractivity contribution in [2.24, 2.45) is 0 Å². The summed E-state index contributed by atoms with van der Waals surface area (Å²) in [6.07, 6.45) is 77.5. The molecule has 98 heavy (non-hydrogen) atoms. The number of allylic oxidation sites excluding steroid dienone is 22. The zero-order chi connectivity index (χ0) is 71.8. The lowest BCUT2D eigenvalue weighted by atomic mass is 10.0. The molecule has 0 aliphatic carbocycles. The summed E-state index contributed by atoms with van der Waals surface area (Å²) in [7, 11) is -9.98. The predicted octanol–water partition coefficient (Wildman–Crippen LogP) is 21.3. The minimum atomic E-state index is -4.99. The molecule has 0 radical (unpaired) electrons. The molecule has 0 aliphatic rings. The number of aliphatic hydroxyl groups is 1. The number of phosphoric ester groups is 2. The molecule has 5 atom stereocenters. The lowest BCUT2D eigenvalue weighted by Crippen LogP contribution is -2.30. The van der Waals surface area contributed by atoms with E-state index in [0.29, 0.717) is 32.1 Å². The lowest BCUT2D eigenvalue weighted by Gasteiger charge is -2.21. The van der Waals surface area contributed by atoms with Crippen LogP contribution in [0, 0.1) is 0 Å². The molecule has 0 saturated heterocycles. The maximum Gasteiger partial charge on any atom is 0.472 e. The first-order valence-corrected chi connectivity index (χ1v) is 40.4. The Balaban J connectivity index is 5.43. The number of hydrogen-bond acceptors (Lipinski definition) is 15. The topological polar surface area (TPSA) is 237 Å². The molecule has 3 N–H and O–H groups in total. The third-order valence-corrected chi connectivity index (χ3v) is 17.0. The fourth-order valence-corrected chi connectivity index (χ4v) is 11.0. The Kier molecular flexibility index (Phi) is 67.2. The van der Waals surface area contributed by atoms with Gasteiger partial charge in [-0.15, -0.1) is 0 Å². The second kappa shape index (κ2) is 70.6. The van der Waals surface area contributed by atoms with E-state index in [9.17, 15) is 43.2 Å². The van der Waals surface area contributed by atoms with Crippen LogP contribution >= 0.6 is 15.6 Å². The largest absolute Gasteiger partial charge is 0.472 e. The zero-order valence-corrected chi connectivity index (χ0v) is 62.7. The third kappa shape index (κ3) is 69.7. The van der Waals surface area contributed by atoms with Crippen molar-refractivity contribution < 1.29 is 80.2 Å². The van der Waals surface area contributed by atoms with Gasteiger partial charge in [-0.05, 0) is 128 Å². The Labute approximate surface area is 593 Å². The molecule has 17 nitrogen and oxygen atoms in total. The summed E-state index contributed by atoms with van der Waals surface area (Å²) >= 11 is 0. The highest BCUT2D eigenvalue weighted by Gasteiger charge is 2.30. The standard InChI is InChI=1S/C79H132O17P2/c1-5-9-13-17-21-25-29-33-35-36-38-42-44-48-52-56-60-64-77(82)90-70-75(96-79(84)66-62-58-54-50-46-40-32-28-24-20-16-12-8-4)72-94-98(87,88)92-68-73(80)67-91-97(85,86)93-71-74(95-78(83)65-61-57-53-49-45-39-31-27-23-19-15-11-7-3)69-89-76(81)63-59-55-51-47-43-41-37-34-30-26-22-18-14-10-6-2/h9-10,13-14,16,20-22,25-26,28,32-35,37-38,42-43,47-48,52,73-75,80H,5-8,11-12,15,17-19,23-24,27,29-31,36,39-41,44-46,49-51,53-72H2,1-4H3,(H,85,86)(H,87,88)/b13-9-,14-10-,20-16-,25-21-,26-22-,32-28-,35-33-,37-34-,42-38-,47-43-,52-48-. The van der Waals surface area contributed by atoms with Crippen LogP contribution in [0.1, 0.15) is 285 Å². The van der Waals surface area contributed by atoms with Crippen molar-refractivity contribution >= 4 is 39.5 Å². The Morgan fingerprint density at radius 1 is 0.296 bits per heavy atom. The fraction of sp³-hybridized carbons (Fsp3) is 0.671. The molecule has 560 valence electrons. The van der Waals surface area contributed by atoms with Crippen LogP contribution < -0.4 is 0 Å². The monoisotopic (exact) mass is 1410 g/mol. The highest BCUT2D eigenvalue weighted by atomic mass is 31.2. The van der Waals surface area contributed by atoms with Crippen molar-refractivity contribution in [1.29, 1.82) is 0 Å². The zero-order valence-electron chi connectivity index (χ0n) is 60.9. The predicted molar refractivity (Wildman–Crippen MR) is 399 cm³/mol. The van der Waals surface area contributed by atoms with Gasteiger partial charge in [0, 0.05) is 25.7 Å². The molecule has 0 bridgehead atoms. The number of hydrogen-bond donors (Lipinski definition) is 3. The third-order valence-electron chi connectivity index (χ3n) is 15.1. The molecule has 19 heteroatoms. The lowest BCUT2D eigenvalue weighted by molar-refractivity contribution is -0.161. The van der Waals surface area contributed by atoms with Crippen LogP contribution in [-0.4, -0.2) is 96.7 Å². The smallest absolute Gasteiger partial charge is 0.462 e. The van der Waals surface area contributed by atoms with Gasteiger partial charge in [-0.1, -0.05) is 264 Å². The molecule has 0 fully saturated rings. The SMILES string of the molecule is CC/C=C\C/C=C\C/C=C\C/C=C\C/C=C\CCCC(=O)OCC(COP(=O)(O)OCC(O)COP(=O)(O)OCC(COC(=O)CCCC/C=C\C/C=C\C/C=C\C/C=C\CC)OC(=O)CCCCCCCCCCCCCCC)OC(=O)CCCCCCC/C=C\C/C=C\CCC. The van der Waals surface area contributed by atoms with Crippen LogP contribution in [0.3, 0.4) is 0 Å². The Morgan fingerprint density at radius 3 is 0.918 bits per heavy atom. The molecule has 0 rings (SSSR count). The van der Waals surface area contributed by atoms with E-state index in [1.54, 1.807) is 0 Å². The molecule has 5 unspecified atom stereocenters. The molecular formula is C79H132O17P2. The summed E-state index contributed by atoms with van der Waals surface area (Å²) in [4.78, 5) is 72.8. The van der Waals surface area contributed by atoms with E-state index in [-0.39, 0.29) is 25.7 Å². The molecule has 0 aromatic rings. The van der Waals surface area contributed by atoms with Crippen LogP contribution in [0.2, 0.25) is 0 Å². The number of phosphoric acid groups is 2. The maximum absolute atomic E-state index is 13.1. The first-order chi connectivity index (χ1) is 47.7. The number of carbonyl (C=O) groups excluding carboxylic acids is 4. The van der Waals surface area contributed by atoms with Crippen LogP contribution in [0.25, 0.3) is 0 Å². The first kappa shape index (κ1) is 93.2. The Hall–Kier alpha value is -4.80. The molecule has 0 aliphatic heterocycles. The van der Waals surface area contributed by atoms with Gasteiger partial charge in [0.1, 0.15) is 19.3 Å². The highest BCUT2D eigenvalue weighted by Crippen LogP contribution is 2.45. The van der Waals surface area contributed by atoms with Gasteiger partial charge in [0.25, 0.3) is 0 Å². The van der Waals surface area contributed by atoms with E-state index in [4.69, 9.17) is 37.0 Å². The molecule has 0 aromatic heterocycles. The van der Waals surface area contributed by atoms with Crippen LogP contribution in [-0.2, 0) is 65.4 Å². The number of carbonyl (C=O) groups is 4. The number of unbranched alkanes of at least 4 members (excludes halogenated alkanes) is 21. The van der Waals surface area contributed by atoms with Gasteiger partial charge >= 0.3 is 39.5 Å². The second-order valence-electron chi connectivity index (χ2n) is 24.5. The second-order valence-corrected chi connectivity index (χ2v) is 27.4. The minimum absolute atomic E-state index is 0.0625. The quantitative estimate of drug-likeness (QED) is 0.0169. The molecule has 0 amide bonds. The summed E-state index contributed by atoms with van der Waals surface area (Å²) in [5.41, 5.74) is 0. The van der Waals surface area contributed by atoms with E-state index >= 15 is 0 Å². The average Bonchev–Trinajstić information content (AvgIpc) is 0.969. The van der Waals surface area contributed by atoms with Gasteiger partial charge in [0.15, 0.2) is 12.2 Å². The van der Waals surface area contributed by atoms with Crippen molar-refractivity contribution in [2.75, 3.05) is 39.6 Å². The summed E-state index contributed by atoms with van der Waals surface area (Å²) in [6, 6.07) is 0. The van der Waals surface area contributed by atoms with Gasteiger partial charge in [0.05, 0.1) is 26.4 Å². The van der Waals surface area contributed by atoms with E-state index in [1.807, 2.05) is 12.2 Å². The van der Waals surface area contributed by atoms with Crippen molar-refractivity contribution in [3.8, 4) is 0 Å². The van der Waals surface area contributed by atoms with Crippen molar-refractivity contribution in [3.63, 3.8) is 0 Å². The minimum Gasteiger partial charge on any atom is -0.462 e. The van der Waals surface area contributed by atoms with Gasteiger partial charge in [-0.3, -0.25) is 37.3 Å². The van der Waals surface area contributed by atoms with E-state index < -0.39 is 97.5 Å². The van der Waals surface area contributed by atoms with Gasteiger partial charge in [-0.25, -0.2) is 9.13 Å². The number of ether oxygens (including phenoxy) is 4.